The van der Waals surface area contributed by atoms with Crippen LogP contribution in [-0.2, 0) is 26.2 Å². The van der Waals surface area contributed by atoms with E-state index in [0.717, 1.165) is 52.2 Å². The molecule has 0 spiro atoms. The summed E-state index contributed by atoms with van der Waals surface area (Å²) >= 11 is 0. The summed E-state index contributed by atoms with van der Waals surface area (Å²) < 4.78 is 29.2. The third-order valence-corrected chi connectivity index (χ3v) is 9.77. The summed E-state index contributed by atoms with van der Waals surface area (Å²) in [5, 5.41) is 3.19. The minimum Gasteiger partial charge on any atom is -0.352 e. The Morgan fingerprint density at radius 1 is 0.857 bits per heavy atom. The molecule has 3 aromatic carbocycles. The minimum atomic E-state index is -4.08. The van der Waals surface area contributed by atoms with E-state index in [2.05, 4.69) is 5.32 Å². The van der Waals surface area contributed by atoms with Gasteiger partial charge in [-0.05, 0) is 69.9 Å². The molecule has 42 heavy (non-hydrogen) atoms. The highest BCUT2D eigenvalue weighted by Gasteiger charge is 2.34. The van der Waals surface area contributed by atoms with Crippen LogP contribution in [0.25, 0.3) is 0 Å². The Kier molecular flexibility index (Phi) is 10.4. The van der Waals surface area contributed by atoms with Crippen molar-refractivity contribution in [1.82, 2.24) is 10.2 Å². The molecule has 0 radical (unpaired) electrons. The summed E-state index contributed by atoms with van der Waals surface area (Å²) in [5.41, 5.74) is 4.23. The summed E-state index contributed by atoms with van der Waals surface area (Å²) in [4.78, 5) is 29.6. The third-order valence-electron chi connectivity index (χ3n) is 7.98. The first-order valence-corrected chi connectivity index (χ1v) is 16.3. The lowest BCUT2D eigenvalue weighted by atomic mass is 9.95. The predicted molar refractivity (Wildman–Crippen MR) is 168 cm³/mol. The average molecular weight is 590 g/mol. The first kappa shape index (κ1) is 31.3. The number of nitrogens with one attached hydrogen (secondary N) is 1. The van der Waals surface area contributed by atoms with Crippen molar-refractivity contribution in [2.45, 2.75) is 89.7 Å². The number of amides is 2. The van der Waals surface area contributed by atoms with E-state index in [-0.39, 0.29) is 23.4 Å². The minimum absolute atomic E-state index is 0.0993. The molecule has 2 amide bonds. The maximum Gasteiger partial charge on any atom is 0.264 e. The van der Waals surface area contributed by atoms with Gasteiger partial charge in [-0.3, -0.25) is 13.9 Å². The van der Waals surface area contributed by atoms with E-state index in [1.165, 1.54) is 6.42 Å². The van der Waals surface area contributed by atoms with Crippen molar-refractivity contribution in [2.24, 2.45) is 0 Å². The zero-order valence-corrected chi connectivity index (χ0v) is 26.0. The molecule has 1 fully saturated rings. The Balaban J connectivity index is 1.70. The molecule has 0 saturated heterocycles. The lowest BCUT2D eigenvalue weighted by Gasteiger charge is -2.34. The number of rotatable bonds is 11. The number of sulfonamides is 1. The highest BCUT2D eigenvalue weighted by molar-refractivity contribution is 7.92. The van der Waals surface area contributed by atoms with Gasteiger partial charge in [-0.1, -0.05) is 91.4 Å². The van der Waals surface area contributed by atoms with E-state index in [9.17, 15) is 18.0 Å². The van der Waals surface area contributed by atoms with Crippen molar-refractivity contribution in [3.8, 4) is 0 Å². The average Bonchev–Trinajstić information content (AvgIpc) is 2.97. The third kappa shape index (κ3) is 7.79. The summed E-state index contributed by atoms with van der Waals surface area (Å²) in [6.07, 6.45) is 5.61. The number of nitrogens with zero attached hydrogens (tertiary/aromatic N) is 2. The van der Waals surface area contributed by atoms with Gasteiger partial charge >= 0.3 is 0 Å². The molecule has 4 rings (SSSR count). The van der Waals surface area contributed by atoms with E-state index >= 15 is 0 Å². The van der Waals surface area contributed by atoms with E-state index in [1.54, 1.807) is 41.3 Å². The fourth-order valence-corrected chi connectivity index (χ4v) is 6.96. The number of carbonyl (C=O) groups excluding carboxylic acids is 2. The van der Waals surface area contributed by atoms with Crippen molar-refractivity contribution in [2.75, 3.05) is 10.8 Å². The first-order valence-electron chi connectivity index (χ1n) is 14.9. The number of hydrogen-bond donors (Lipinski definition) is 1. The SMILES string of the molecule is CC[C@@H](C(=O)NC1CCCCC1)N(Cc1cccc(C)c1)C(=O)CN(c1ccc(C)cc1)S(=O)(=O)c1ccc(C)cc1. The van der Waals surface area contributed by atoms with Crippen LogP contribution in [0.4, 0.5) is 5.69 Å². The quantitative estimate of drug-likeness (QED) is 0.294. The van der Waals surface area contributed by atoms with Crippen molar-refractivity contribution in [3.05, 3.63) is 95.1 Å². The van der Waals surface area contributed by atoms with Gasteiger partial charge in [-0.2, -0.15) is 0 Å². The van der Waals surface area contributed by atoms with E-state index in [0.29, 0.717) is 12.1 Å². The van der Waals surface area contributed by atoms with E-state index in [1.807, 2.05) is 64.1 Å². The molecular formula is C34H43N3O4S. The predicted octanol–water partition coefficient (Wildman–Crippen LogP) is 6.06. The number of carbonyl (C=O) groups is 2. The molecule has 224 valence electrons. The number of aryl methyl sites for hydroxylation is 3. The van der Waals surface area contributed by atoms with Gasteiger partial charge in [0.1, 0.15) is 12.6 Å². The molecule has 1 N–H and O–H groups in total. The van der Waals surface area contributed by atoms with Crippen LogP contribution in [0.2, 0.25) is 0 Å². The molecule has 0 heterocycles. The molecule has 3 aromatic rings. The van der Waals surface area contributed by atoms with Gasteiger partial charge in [0.25, 0.3) is 10.0 Å². The zero-order valence-electron chi connectivity index (χ0n) is 25.2. The first-order chi connectivity index (χ1) is 20.1. The zero-order chi connectivity index (χ0) is 30.3. The highest BCUT2D eigenvalue weighted by atomic mass is 32.2. The fraction of sp³-hybridized carbons (Fsp3) is 0.412. The molecule has 1 atom stereocenters. The lowest BCUT2D eigenvalue weighted by molar-refractivity contribution is -0.140. The summed E-state index contributed by atoms with van der Waals surface area (Å²) in [6.45, 7) is 7.46. The number of anilines is 1. The molecule has 0 aliphatic heterocycles. The largest absolute Gasteiger partial charge is 0.352 e. The highest BCUT2D eigenvalue weighted by Crippen LogP contribution is 2.26. The number of benzene rings is 3. The van der Waals surface area contributed by atoms with Gasteiger partial charge < -0.3 is 10.2 Å². The monoisotopic (exact) mass is 589 g/mol. The molecule has 1 saturated carbocycles. The summed E-state index contributed by atoms with van der Waals surface area (Å²) in [7, 11) is -4.08. The molecule has 1 aliphatic rings. The van der Waals surface area contributed by atoms with Crippen LogP contribution in [-0.4, -0.2) is 43.8 Å². The van der Waals surface area contributed by atoms with Gasteiger partial charge in [0, 0.05) is 12.6 Å². The van der Waals surface area contributed by atoms with E-state index < -0.39 is 28.5 Å². The van der Waals surface area contributed by atoms with Crippen LogP contribution < -0.4 is 9.62 Å². The van der Waals surface area contributed by atoms with Gasteiger partial charge in [0.2, 0.25) is 11.8 Å². The van der Waals surface area contributed by atoms with Crippen LogP contribution in [0.15, 0.2) is 77.7 Å². The van der Waals surface area contributed by atoms with Gasteiger partial charge in [-0.15, -0.1) is 0 Å². The molecular weight excluding hydrogens is 546 g/mol. The fourth-order valence-electron chi connectivity index (χ4n) is 5.55. The van der Waals surface area contributed by atoms with Crippen LogP contribution in [0.5, 0.6) is 0 Å². The van der Waals surface area contributed by atoms with Crippen LogP contribution in [0.3, 0.4) is 0 Å². The summed E-state index contributed by atoms with van der Waals surface area (Å²) in [5.74, 6) is -0.618. The van der Waals surface area contributed by atoms with Crippen molar-refractivity contribution >= 4 is 27.5 Å². The molecule has 0 aromatic heterocycles. The van der Waals surface area contributed by atoms with Crippen LogP contribution in [0, 0.1) is 20.8 Å². The lowest BCUT2D eigenvalue weighted by Crippen LogP contribution is -2.54. The van der Waals surface area contributed by atoms with Crippen molar-refractivity contribution < 1.29 is 18.0 Å². The second kappa shape index (κ2) is 14.0. The molecule has 0 bridgehead atoms. The smallest absolute Gasteiger partial charge is 0.264 e. The van der Waals surface area contributed by atoms with Gasteiger partial charge in [0.15, 0.2) is 0 Å². The van der Waals surface area contributed by atoms with Gasteiger partial charge in [0.05, 0.1) is 10.6 Å². The maximum atomic E-state index is 14.3. The molecule has 1 aliphatic carbocycles. The summed E-state index contributed by atoms with van der Waals surface area (Å²) in [6, 6.07) is 20.9. The van der Waals surface area contributed by atoms with E-state index in [4.69, 9.17) is 0 Å². The van der Waals surface area contributed by atoms with Gasteiger partial charge in [-0.25, -0.2) is 8.42 Å². The van der Waals surface area contributed by atoms with Crippen LogP contribution >= 0.6 is 0 Å². The number of hydrogen-bond acceptors (Lipinski definition) is 4. The normalized spacial score (nSPS) is 14.7. The maximum absolute atomic E-state index is 14.3. The molecule has 7 nitrogen and oxygen atoms in total. The van der Waals surface area contributed by atoms with Crippen molar-refractivity contribution in [3.63, 3.8) is 0 Å². The molecule has 8 heteroatoms. The standard InChI is InChI=1S/C34H43N3O4S/c1-5-32(34(39)35-29-12-7-6-8-13-29)36(23-28-11-9-10-27(4)22-28)33(38)24-37(30-18-14-25(2)15-19-30)42(40,41)31-20-16-26(3)17-21-31/h9-11,14-22,29,32H,5-8,12-13,23-24H2,1-4H3,(H,35,39)/t32-/m0/s1. The molecule has 0 unspecified atom stereocenters. The van der Waals surface area contributed by atoms with Crippen molar-refractivity contribution in [1.29, 1.82) is 0 Å². The Bertz CT molecular complexity index is 1460. The Labute approximate surface area is 251 Å². The second-order valence-electron chi connectivity index (χ2n) is 11.4. The topological polar surface area (TPSA) is 86.8 Å². The Morgan fingerprint density at radius 3 is 2.07 bits per heavy atom. The second-order valence-corrected chi connectivity index (χ2v) is 13.3. The Hall–Kier alpha value is -3.65. The van der Waals surface area contributed by atoms with Crippen LogP contribution in [0.1, 0.15) is 67.7 Å². The Morgan fingerprint density at radius 2 is 1.48 bits per heavy atom.